The molecule has 0 unspecified atom stereocenters. The molecular formula is C7H18N2O4. The highest BCUT2D eigenvalue weighted by atomic mass is 16.5. The number of hydrogen-bond acceptors (Lipinski definition) is 6. The monoisotopic (exact) mass is 194 g/mol. The van der Waals surface area contributed by atoms with E-state index in [1.165, 1.54) is 7.11 Å². The highest BCUT2D eigenvalue weighted by Gasteiger charge is 1.87. The third-order valence-corrected chi connectivity index (χ3v) is 0.971. The first kappa shape index (κ1) is 14.8. The largest absolute Gasteiger partial charge is 0.468 e. The second kappa shape index (κ2) is 13.9. The molecule has 0 saturated carbocycles. The van der Waals surface area contributed by atoms with E-state index in [0.717, 1.165) is 0 Å². The Bertz CT molecular complexity index is 101. The van der Waals surface area contributed by atoms with E-state index in [4.69, 9.17) is 15.9 Å². The van der Waals surface area contributed by atoms with Gasteiger partial charge >= 0.3 is 5.97 Å². The van der Waals surface area contributed by atoms with Gasteiger partial charge in [0.1, 0.15) is 0 Å². The number of ether oxygens (including phenoxy) is 1. The molecule has 0 aromatic rings. The Labute approximate surface area is 77.7 Å². The van der Waals surface area contributed by atoms with Crippen molar-refractivity contribution in [2.75, 3.05) is 40.0 Å². The van der Waals surface area contributed by atoms with Crippen LogP contribution in [-0.2, 0) is 9.53 Å². The molecule has 13 heavy (non-hydrogen) atoms. The molecule has 0 fully saturated rings. The van der Waals surface area contributed by atoms with Gasteiger partial charge in [-0.25, -0.2) is 0 Å². The summed E-state index contributed by atoms with van der Waals surface area (Å²) in [6.07, 6.45) is 0. The van der Waals surface area contributed by atoms with Gasteiger partial charge in [0.2, 0.25) is 0 Å². The number of carbonyl (C=O) groups excluding carboxylic acids is 1. The number of esters is 1. The van der Waals surface area contributed by atoms with Crippen molar-refractivity contribution in [2.24, 2.45) is 5.73 Å². The van der Waals surface area contributed by atoms with E-state index in [1.807, 2.05) is 0 Å². The van der Waals surface area contributed by atoms with Crippen molar-refractivity contribution in [3.05, 3.63) is 0 Å². The summed E-state index contributed by atoms with van der Waals surface area (Å²) in [4.78, 5) is 9.83. The molecule has 0 spiro atoms. The van der Waals surface area contributed by atoms with E-state index in [9.17, 15) is 4.79 Å². The molecule has 0 rings (SSSR count). The fourth-order valence-electron chi connectivity index (χ4n) is 0.366. The van der Waals surface area contributed by atoms with Crippen LogP contribution in [0.3, 0.4) is 0 Å². The lowest BCUT2D eigenvalue weighted by Gasteiger charge is -1.94. The second-order valence-electron chi connectivity index (χ2n) is 1.98. The van der Waals surface area contributed by atoms with Gasteiger partial charge in [0.25, 0.3) is 0 Å². The number of nitrogens with two attached hydrogens (primary N) is 1. The molecular weight excluding hydrogens is 176 g/mol. The minimum Gasteiger partial charge on any atom is -0.468 e. The summed E-state index contributed by atoms with van der Waals surface area (Å²) < 4.78 is 4.14. The quantitative estimate of drug-likeness (QED) is 0.289. The van der Waals surface area contributed by atoms with Crippen LogP contribution in [0.15, 0.2) is 0 Å². The van der Waals surface area contributed by atoms with E-state index in [-0.39, 0.29) is 25.7 Å². The van der Waals surface area contributed by atoms with Gasteiger partial charge in [0.05, 0.1) is 26.9 Å². The molecule has 0 aliphatic heterocycles. The number of aliphatic hydroxyl groups is 2. The minimum atomic E-state index is -0.380. The van der Waals surface area contributed by atoms with Crippen molar-refractivity contribution < 1.29 is 19.7 Å². The van der Waals surface area contributed by atoms with E-state index >= 15 is 0 Å². The lowest BCUT2D eigenvalue weighted by Crippen LogP contribution is -2.21. The molecule has 5 N–H and O–H groups in total. The lowest BCUT2D eigenvalue weighted by molar-refractivity contribution is -0.138. The SMILES string of the molecule is COC(=O)CN.OCCNCCO. The molecule has 80 valence electrons. The Morgan fingerprint density at radius 1 is 1.38 bits per heavy atom. The van der Waals surface area contributed by atoms with Crippen molar-refractivity contribution in [1.29, 1.82) is 0 Å². The third kappa shape index (κ3) is 18.3. The summed E-state index contributed by atoms with van der Waals surface area (Å²) in [7, 11) is 1.30. The molecule has 0 aromatic heterocycles. The fourth-order valence-corrected chi connectivity index (χ4v) is 0.366. The second-order valence-corrected chi connectivity index (χ2v) is 1.98. The fraction of sp³-hybridized carbons (Fsp3) is 0.857. The average molecular weight is 194 g/mol. The van der Waals surface area contributed by atoms with E-state index in [0.29, 0.717) is 13.1 Å². The molecule has 6 heteroatoms. The topological polar surface area (TPSA) is 105 Å². The first-order valence-electron chi connectivity index (χ1n) is 3.92. The van der Waals surface area contributed by atoms with Gasteiger partial charge in [0.15, 0.2) is 0 Å². The smallest absolute Gasteiger partial charge is 0.319 e. The normalized spacial score (nSPS) is 8.62. The summed E-state index contributed by atoms with van der Waals surface area (Å²) in [6.45, 7) is 1.39. The summed E-state index contributed by atoms with van der Waals surface area (Å²) in [5, 5.41) is 19.1. The van der Waals surface area contributed by atoms with Crippen LogP contribution in [0, 0.1) is 0 Å². The van der Waals surface area contributed by atoms with Gasteiger partial charge in [-0.2, -0.15) is 0 Å². The Morgan fingerprint density at radius 2 is 1.85 bits per heavy atom. The van der Waals surface area contributed by atoms with Crippen LogP contribution in [0.4, 0.5) is 0 Å². The predicted molar refractivity (Wildman–Crippen MR) is 48.1 cm³/mol. The Balaban J connectivity index is 0. The molecule has 0 aromatic carbocycles. The molecule has 0 amide bonds. The minimum absolute atomic E-state index is 0.0312. The Hall–Kier alpha value is -0.690. The predicted octanol–water partition coefficient (Wildman–Crippen LogP) is -2.32. The van der Waals surface area contributed by atoms with Crippen LogP contribution >= 0.6 is 0 Å². The van der Waals surface area contributed by atoms with Gasteiger partial charge in [-0.1, -0.05) is 0 Å². The summed E-state index contributed by atoms with van der Waals surface area (Å²) in [5.41, 5.74) is 4.81. The maximum Gasteiger partial charge on any atom is 0.319 e. The molecule has 6 nitrogen and oxygen atoms in total. The molecule has 0 heterocycles. The first-order valence-corrected chi connectivity index (χ1v) is 3.92. The van der Waals surface area contributed by atoms with Crippen molar-refractivity contribution >= 4 is 5.97 Å². The van der Waals surface area contributed by atoms with Gasteiger partial charge < -0.3 is 26.0 Å². The van der Waals surface area contributed by atoms with E-state index in [2.05, 4.69) is 10.1 Å². The van der Waals surface area contributed by atoms with Gasteiger partial charge in [-0.3, -0.25) is 4.79 Å². The average Bonchev–Trinajstić information content (AvgIpc) is 2.18. The molecule has 0 bridgehead atoms. The molecule has 0 aliphatic carbocycles. The Kier molecular flexibility index (Phi) is 15.8. The summed E-state index contributed by atoms with van der Waals surface area (Å²) >= 11 is 0. The van der Waals surface area contributed by atoms with Gasteiger partial charge in [0, 0.05) is 13.1 Å². The number of rotatable bonds is 5. The lowest BCUT2D eigenvalue weighted by atomic mass is 10.6. The number of carbonyl (C=O) groups is 1. The number of aliphatic hydroxyl groups excluding tert-OH is 2. The van der Waals surface area contributed by atoms with E-state index in [1.54, 1.807) is 0 Å². The highest BCUT2D eigenvalue weighted by molar-refractivity contribution is 5.70. The molecule has 0 aliphatic rings. The van der Waals surface area contributed by atoms with Crippen LogP contribution in [0.2, 0.25) is 0 Å². The summed E-state index contributed by atoms with van der Waals surface area (Å²) in [6, 6.07) is 0. The van der Waals surface area contributed by atoms with Gasteiger partial charge in [-0.15, -0.1) is 0 Å². The van der Waals surface area contributed by atoms with Crippen LogP contribution < -0.4 is 11.1 Å². The maximum atomic E-state index is 9.83. The van der Waals surface area contributed by atoms with E-state index < -0.39 is 0 Å². The van der Waals surface area contributed by atoms with Crippen LogP contribution in [0.25, 0.3) is 0 Å². The maximum absolute atomic E-state index is 9.83. The zero-order chi connectivity index (χ0) is 10.5. The van der Waals surface area contributed by atoms with Crippen molar-refractivity contribution in [3.8, 4) is 0 Å². The first-order chi connectivity index (χ1) is 6.22. The molecule has 0 atom stereocenters. The Morgan fingerprint density at radius 3 is 2.00 bits per heavy atom. The zero-order valence-electron chi connectivity index (χ0n) is 7.82. The highest BCUT2D eigenvalue weighted by Crippen LogP contribution is 1.61. The van der Waals surface area contributed by atoms with Crippen LogP contribution in [0.1, 0.15) is 0 Å². The number of hydrogen-bond donors (Lipinski definition) is 4. The third-order valence-electron chi connectivity index (χ3n) is 0.971. The van der Waals surface area contributed by atoms with Crippen molar-refractivity contribution in [3.63, 3.8) is 0 Å². The van der Waals surface area contributed by atoms with Crippen LogP contribution in [-0.4, -0.2) is 56.1 Å². The summed E-state index contributed by atoms with van der Waals surface area (Å²) in [5.74, 6) is -0.380. The van der Waals surface area contributed by atoms with Gasteiger partial charge in [-0.05, 0) is 0 Å². The van der Waals surface area contributed by atoms with Crippen LogP contribution in [0.5, 0.6) is 0 Å². The standard InChI is InChI=1S/C4H11NO2.C3H7NO2/c6-3-1-5-2-4-7;1-6-3(5)2-4/h5-7H,1-4H2;2,4H2,1H3. The van der Waals surface area contributed by atoms with Crippen molar-refractivity contribution in [2.45, 2.75) is 0 Å². The number of methoxy groups -OCH3 is 1. The van der Waals surface area contributed by atoms with Crippen molar-refractivity contribution in [1.82, 2.24) is 5.32 Å². The molecule has 0 radical (unpaired) electrons. The molecule has 0 saturated heterocycles. The number of nitrogens with one attached hydrogen (secondary N) is 1. The zero-order valence-corrected chi connectivity index (χ0v) is 7.82.